The highest BCUT2D eigenvalue weighted by molar-refractivity contribution is 7.80. The first-order valence-electron chi connectivity index (χ1n) is 6.54. The topological polar surface area (TPSA) is 77.8 Å². The van der Waals surface area contributed by atoms with Crippen LogP contribution in [0.25, 0.3) is 0 Å². The number of ether oxygens (including phenoxy) is 1. The third-order valence-corrected chi connectivity index (χ3v) is 3.02. The maximum Gasteiger partial charge on any atom is 0.247 e. The van der Waals surface area contributed by atoms with Gasteiger partial charge in [-0.2, -0.15) is 14.9 Å². The number of hydrogen-bond acceptors (Lipinski definition) is 5. The van der Waals surface area contributed by atoms with Crippen LogP contribution in [0.5, 0.6) is 5.88 Å². The molecule has 2 N–H and O–H groups in total. The average molecular weight is 303 g/mol. The molecule has 0 saturated heterocycles. The van der Waals surface area contributed by atoms with E-state index in [2.05, 4.69) is 15.3 Å². The summed E-state index contributed by atoms with van der Waals surface area (Å²) in [4.78, 5) is 0. The Morgan fingerprint density at radius 2 is 2.05 bits per heavy atom. The van der Waals surface area contributed by atoms with Crippen molar-refractivity contribution in [2.24, 2.45) is 16.0 Å². The minimum absolute atomic E-state index is 0.110. The van der Waals surface area contributed by atoms with Crippen molar-refractivity contribution < 1.29 is 4.74 Å². The van der Waals surface area contributed by atoms with E-state index in [0.29, 0.717) is 23.9 Å². The maximum atomic E-state index is 5.64. The number of hydrogen-bond donors (Lipinski definition) is 1. The molecule has 6 nitrogen and oxygen atoms in total. The van der Waals surface area contributed by atoms with E-state index in [4.69, 9.17) is 22.7 Å². The van der Waals surface area contributed by atoms with Gasteiger partial charge < -0.3 is 10.5 Å². The summed E-state index contributed by atoms with van der Waals surface area (Å²) in [5, 5.41) is 12.9. The summed E-state index contributed by atoms with van der Waals surface area (Å²) in [7, 11) is 0. The van der Waals surface area contributed by atoms with E-state index >= 15 is 0 Å². The lowest BCUT2D eigenvalue weighted by atomic mass is 10.2. The fourth-order valence-corrected chi connectivity index (χ4v) is 1.93. The molecule has 0 spiro atoms. The van der Waals surface area contributed by atoms with Gasteiger partial charge in [-0.05, 0) is 44.6 Å². The highest BCUT2D eigenvalue weighted by atomic mass is 32.1. The van der Waals surface area contributed by atoms with Crippen LogP contribution in [0.15, 0.2) is 34.5 Å². The van der Waals surface area contributed by atoms with Gasteiger partial charge >= 0.3 is 0 Å². The number of azo groups is 1. The number of aryl methyl sites for hydroxylation is 2. The van der Waals surface area contributed by atoms with Crippen molar-refractivity contribution in [1.82, 2.24) is 9.78 Å². The Morgan fingerprint density at radius 3 is 2.67 bits per heavy atom. The third kappa shape index (κ3) is 3.25. The van der Waals surface area contributed by atoms with Gasteiger partial charge in [0.15, 0.2) is 10.8 Å². The Bertz CT molecular complexity index is 693. The number of nitrogens with two attached hydrogens (primary N) is 1. The first-order valence-corrected chi connectivity index (χ1v) is 6.95. The van der Waals surface area contributed by atoms with Gasteiger partial charge in [-0.25, -0.2) is 0 Å². The van der Waals surface area contributed by atoms with Crippen LogP contribution in [-0.2, 0) is 0 Å². The molecule has 7 heteroatoms. The van der Waals surface area contributed by atoms with Gasteiger partial charge in [0.2, 0.25) is 5.88 Å². The Hall–Kier alpha value is -2.28. The molecule has 0 unspecified atom stereocenters. The molecule has 0 aliphatic heterocycles. The molecular weight excluding hydrogens is 286 g/mol. The molecule has 2 rings (SSSR count). The van der Waals surface area contributed by atoms with E-state index in [1.807, 2.05) is 45.0 Å². The Morgan fingerprint density at radius 1 is 1.33 bits per heavy atom. The summed E-state index contributed by atoms with van der Waals surface area (Å²) in [5.74, 6) is 0.417. The smallest absolute Gasteiger partial charge is 0.247 e. The maximum absolute atomic E-state index is 5.64. The summed E-state index contributed by atoms with van der Waals surface area (Å²) in [5.41, 5.74) is 8.66. The molecule has 0 fully saturated rings. The zero-order valence-corrected chi connectivity index (χ0v) is 13.0. The van der Waals surface area contributed by atoms with Crippen LogP contribution < -0.4 is 10.5 Å². The first kappa shape index (κ1) is 15.1. The van der Waals surface area contributed by atoms with Gasteiger partial charge in [0.05, 0.1) is 18.0 Å². The van der Waals surface area contributed by atoms with E-state index in [-0.39, 0.29) is 5.11 Å². The van der Waals surface area contributed by atoms with Crippen LogP contribution in [0.3, 0.4) is 0 Å². The summed E-state index contributed by atoms with van der Waals surface area (Å²) in [6.45, 7) is 6.11. The molecule has 0 saturated carbocycles. The predicted molar refractivity (Wildman–Crippen MR) is 85.7 cm³/mol. The number of nitrogens with zero attached hydrogens (tertiary/aromatic N) is 4. The lowest BCUT2D eigenvalue weighted by Gasteiger charge is -2.05. The minimum atomic E-state index is 0.110. The van der Waals surface area contributed by atoms with E-state index < -0.39 is 0 Å². The van der Waals surface area contributed by atoms with Crippen LogP contribution >= 0.6 is 12.2 Å². The minimum Gasteiger partial charge on any atom is -0.476 e. The molecule has 2 aromatic rings. The lowest BCUT2D eigenvalue weighted by molar-refractivity contribution is 0.320. The first-order chi connectivity index (χ1) is 10.0. The number of aromatic nitrogens is 2. The molecular formula is C14H17N5OS. The van der Waals surface area contributed by atoms with E-state index in [0.717, 1.165) is 11.3 Å². The van der Waals surface area contributed by atoms with Crippen LogP contribution in [0.4, 0.5) is 11.4 Å². The van der Waals surface area contributed by atoms with Crippen LogP contribution in [0.1, 0.15) is 18.2 Å². The Balaban J connectivity index is 2.44. The normalized spacial score (nSPS) is 11.0. The summed E-state index contributed by atoms with van der Waals surface area (Å²) < 4.78 is 6.91. The molecule has 1 heterocycles. The second-order valence-corrected chi connectivity index (χ2v) is 4.83. The van der Waals surface area contributed by atoms with Crippen molar-refractivity contribution in [3.05, 3.63) is 35.5 Å². The monoisotopic (exact) mass is 303 g/mol. The summed E-state index contributed by atoms with van der Waals surface area (Å²) in [6.07, 6.45) is 0. The number of rotatable bonds is 4. The third-order valence-electron chi connectivity index (χ3n) is 2.85. The van der Waals surface area contributed by atoms with E-state index in [1.54, 1.807) is 0 Å². The van der Waals surface area contributed by atoms with Gasteiger partial charge in [-0.15, -0.1) is 5.11 Å². The van der Waals surface area contributed by atoms with Crippen molar-refractivity contribution in [3.8, 4) is 5.88 Å². The molecule has 110 valence electrons. The second-order valence-electron chi connectivity index (χ2n) is 4.41. The molecule has 0 amide bonds. The molecule has 1 aromatic carbocycles. The Labute approximate surface area is 128 Å². The van der Waals surface area contributed by atoms with Crippen molar-refractivity contribution in [1.29, 1.82) is 0 Å². The highest BCUT2D eigenvalue weighted by Gasteiger charge is 2.18. The zero-order valence-electron chi connectivity index (χ0n) is 12.2. The van der Waals surface area contributed by atoms with Gasteiger partial charge in [-0.1, -0.05) is 18.2 Å². The molecule has 0 aliphatic carbocycles. The van der Waals surface area contributed by atoms with Gasteiger partial charge in [0.1, 0.15) is 0 Å². The van der Waals surface area contributed by atoms with Gasteiger partial charge in [0, 0.05) is 0 Å². The number of benzene rings is 1. The fraction of sp³-hybridized carbons (Fsp3) is 0.286. The summed E-state index contributed by atoms with van der Waals surface area (Å²) in [6, 6.07) is 7.74. The van der Waals surface area contributed by atoms with Crippen LogP contribution in [-0.4, -0.2) is 21.5 Å². The quantitative estimate of drug-likeness (QED) is 0.693. The van der Waals surface area contributed by atoms with Crippen molar-refractivity contribution >= 4 is 28.7 Å². The highest BCUT2D eigenvalue weighted by Crippen LogP contribution is 2.33. The fourth-order valence-electron chi connectivity index (χ4n) is 1.81. The summed E-state index contributed by atoms with van der Waals surface area (Å²) >= 11 is 4.96. The standard InChI is InChI=1S/C14H17N5OS/c1-4-20-13-12(10(3)18-19(13)14(15)21)17-16-11-8-6-5-7-9(11)2/h5-8H,4H2,1-3H3,(H2,15,21). The lowest BCUT2D eigenvalue weighted by Crippen LogP contribution is -2.21. The zero-order chi connectivity index (χ0) is 15.4. The van der Waals surface area contributed by atoms with E-state index in [1.165, 1.54) is 4.68 Å². The van der Waals surface area contributed by atoms with Gasteiger partial charge in [-0.3, -0.25) is 0 Å². The van der Waals surface area contributed by atoms with Crippen LogP contribution in [0.2, 0.25) is 0 Å². The molecule has 0 aliphatic rings. The molecule has 1 aromatic heterocycles. The molecule has 0 atom stereocenters. The molecule has 21 heavy (non-hydrogen) atoms. The van der Waals surface area contributed by atoms with Crippen LogP contribution in [0, 0.1) is 13.8 Å². The Kier molecular flexibility index (Phi) is 4.64. The molecule has 0 bridgehead atoms. The average Bonchev–Trinajstić information content (AvgIpc) is 2.75. The van der Waals surface area contributed by atoms with E-state index in [9.17, 15) is 0 Å². The van der Waals surface area contributed by atoms with Crippen molar-refractivity contribution in [2.75, 3.05) is 6.61 Å². The second kappa shape index (κ2) is 6.45. The van der Waals surface area contributed by atoms with Crippen molar-refractivity contribution in [3.63, 3.8) is 0 Å². The van der Waals surface area contributed by atoms with Gasteiger partial charge in [0.25, 0.3) is 0 Å². The number of thiocarbonyl (C=S) groups is 1. The predicted octanol–water partition coefficient (Wildman–Crippen LogP) is 3.41. The van der Waals surface area contributed by atoms with Crippen molar-refractivity contribution in [2.45, 2.75) is 20.8 Å². The SMILES string of the molecule is CCOc1c(N=Nc2ccccc2C)c(C)nn1C(N)=S. The largest absolute Gasteiger partial charge is 0.476 e. The molecule has 0 radical (unpaired) electrons.